The maximum atomic E-state index is 9.53. The van der Waals surface area contributed by atoms with Gasteiger partial charge in [0.05, 0.1) is 0 Å². The molecule has 206 valence electrons. The summed E-state index contributed by atoms with van der Waals surface area (Å²) in [6.07, 6.45) is -5.16. The van der Waals surface area contributed by atoms with Crippen molar-refractivity contribution in [2.45, 2.75) is 125 Å². The molecule has 0 spiro atoms. The maximum absolute atomic E-state index is 9.53. The molecule has 0 aliphatic carbocycles. The van der Waals surface area contributed by atoms with E-state index >= 15 is 0 Å². The molecule has 0 aliphatic rings. The highest BCUT2D eigenvalue weighted by Crippen LogP contribution is 2.31. The van der Waals surface area contributed by atoms with Crippen molar-refractivity contribution in [2.75, 3.05) is 0 Å². The second kappa shape index (κ2) is 11.4. The average molecular weight is 517 g/mol. The van der Waals surface area contributed by atoms with E-state index in [1.165, 1.54) is 0 Å². The van der Waals surface area contributed by atoms with E-state index in [9.17, 15) is 5.48 Å². The number of hydrogen-bond donors (Lipinski definition) is 0. The zero-order valence-corrected chi connectivity index (χ0v) is 26.0. The van der Waals surface area contributed by atoms with Crippen LogP contribution in [0.25, 0.3) is 0 Å². The summed E-state index contributed by atoms with van der Waals surface area (Å²) in [7, 11) is 0. The van der Waals surface area contributed by atoms with Gasteiger partial charge >= 0.3 is 0 Å². The van der Waals surface area contributed by atoms with E-state index in [2.05, 4.69) is 68.4 Å². The Morgan fingerprint density at radius 3 is 1.26 bits per heavy atom. The molecule has 0 N–H and O–H groups in total. The van der Waals surface area contributed by atoms with Crippen LogP contribution in [-0.4, -0.2) is 0 Å². The highest BCUT2D eigenvalue weighted by molar-refractivity contribution is 5.43. The number of benzene rings is 3. The van der Waals surface area contributed by atoms with Gasteiger partial charge in [0, 0.05) is 8.22 Å². The van der Waals surface area contributed by atoms with Crippen molar-refractivity contribution in [3.05, 3.63) is 105 Å². The maximum Gasteiger partial charge on any atom is 0.0366 e. The Kier molecular flexibility index (Phi) is 6.75. The first-order chi connectivity index (χ1) is 19.7. The van der Waals surface area contributed by atoms with Gasteiger partial charge in [-0.15, -0.1) is 0 Å². The third-order valence-electron chi connectivity index (χ3n) is 6.83. The fraction of sp³-hybridized carbons (Fsp3) is 0.526. The minimum atomic E-state index is -2.00. The summed E-state index contributed by atoms with van der Waals surface area (Å²) in [5.74, 6) is 0.136. The molecule has 3 rings (SSSR count). The molecule has 0 radical (unpaired) electrons. The summed E-state index contributed by atoms with van der Waals surface area (Å²) in [6.45, 7) is 24.7. The van der Waals surface area contributed by atoms with Gasteiger partial charge < -0.3 is 0 Å². The number of hydrogen-bond acceptors (Lipinski definition) is 0. The van der Waals surface area contributed by atoms with Crippen LogP contribution in [0.4, 0.5) is 0 Å². The summed E-state index contributed by atoms with van der Waals surface area (Å²) < 4.78 is 55.7. The molecule has 0 amide bonds. The highest BCUT2D eigenvalue weighted by Gasteiger charge is 2.19. The molecule has 0 heteroatoms. The van der Waals surface area contributed by atoms with Gasteiger partial charge in [0.25, 0.3) is 0 Å². The SMILES string of the molecule is [2H]C([2H])(CC(C)C)c1cc(C(C)(C)C)cc(C([2H])([2H])c2cc(C(C)(C)C)cc(C([2H])([2H])c3cc(C)cc(C(C)(C)C)c3)c2)c1. The average Bonchev–Trinajstić information content (AvgIpc) is 2.85. The van der Waals surface area contributed by atoms with Crippen LogP contribution < -0.4 is 0 Å². The van der Waals surface area contributed by atoms with Crippen LogP contribution in [-0.2, 0) is 35.4 Å². The molecule has 0 saturated carbocycles. The first kappa shape index (κ1) is 22.5. The largest absolute Gasteiger partial charge is 0.0628 e. The van der Waals surface area contributed by atoms with E-state index in [0.29, 0.717) is 34.2 Å². The second-order valence-electron chi connectivity index (χ2n) is 14.5. The fourth-order valence-electron chi connectivity index (χ4n) is 4.38. The molecule has 0 heterocycles. The normalized spacial score (nSPS) is 16.3. The van der Waals surface area contributed by atoms with Crippen molar-refractivity contribution in [3.8, 4) is 0 Å². The van der Waals surface area contributed by atoms with Gasteiger partial charge in [-0.25, -0.2) is 0 Å². The predicted molar refractivity (Wildman–Crippen MR) is 169 cm³/mol. The topological polar surface area (TPSA) is 0 Å². The lowest BCUT2D eigenvalue weighted by atomic mass is 9.81. The Morgan fingerprint density at radius 2 is 0.868 bits per heavy atom. The zero-order chi connectivity index (χ0) is 33.8. The molecule has 0 bridgehead atoms. The van der Waals surface area contributed by atoms with Crippen molar-refractivity contribution in [1.82, 2.24) is 0 Å². The van der Waals surface area contributed by atoms with Crippen LogP contribution in [0, 0.1) is 12.8 Å². The van der Waals surface area contributed by atoms with Crippen molar-refractivity contribution in [1.29, 1.82) is 0 Å². The van der Waals surface area contributed by atoms with Gasteiger partial charge in [-0.3, -0.25) is 0 Å². The van der Waals surface area contributed by atoms with Crippen LogP contribution in [0.1, 0.15) is 141 Å². The lowest BCUT2D eigenvalue weighted by Gasteiger charge is -2.24. The second-order valence-corrected chi connectivity index (χ2v) is 14.5. The molecule has 0 aromatic heterocycles. The number of aryl methyl sites for hydroxylation is 2. The summed E-state index contributed by atoms with van der Waals surface area (Å²) in [5.41, 5.74) is 5.15. The fourth-order valence-corrected chi connectivity index (χ4v) is 4.38. The number of rotatable bonds is 7. The Balaban J connectivity index is 2.33. The van der Waals surface area contributed by atoms with E-state index in [1.807, 2.05) is 57.2 Å². The molecular formula is C38H54. The Labute approximate surface area is 243 Å². The van der Waals surface area contributed by atoms with Crippen LogP contribution in [0.5, 0.6) is 0 Å². The van der Waals surface area contributed by atoms with Crippen molar-refractivity contribution >= 4 is 0 Å². The van der Waals surface area contributed by atoms with Gasteiger partial charge in [0.2, 0.25) is 0 Å². The molecule has 3 aromatic rings. The monoisotopic (exact) mass is 516 g/mol. The third kappa shape index (κ3) is 8.59. The Morgan fingerprint density at radius 1 is 0.526 bits per heavy atom. The summed E-state index contributed by atoms with van der Waals surface area (Å²) in [6, 6.07) is 16.8. The first-order valence-electron chi connectivity index (χ1n) is 17.1. The van der Waals surface area contributed by atoms with Crippen LogP contribution >= 0.6 is 0 Å². The van der Waals surface area contributed by atoms with E-state index in [1.54, 1.807) is 12.1 Å². The summed E-state index contributed by atoms with van der Waals surface area (Å²) >= 11 is 0. The van der Waals surface area contributed by atoms with Gasteiger partial charge in [0.15, 0.2) is 0 Å². The lowest BCUT2D eigenvalue weighted by molar-refractivity contribution is 0.576. The van der Waals surface area contributed by atoms with Gasteiger partial charge in [-0.1, -0.05) is 136 Å². The quantitative estimate of drug-likeness (QED) is 0.293. The molecule has 38 heavy (non-hydrogen) atoms. The van der Waals surface area contributed by atoms with Crippen LogP contribution in [0.15, 0.2) is 54.6 Å². The highest BCUT2D eigenvalue weighted by atomic mass is 14.2. The molecule has 0 aliphatic heterocycles. The molecule has 0 saturated heterocycles. The molecule has 0 fully saturated rings. The zero-order valence-electron chi connectivity index (χ0n) is 32.0. The molecule has 0 atom stereocenters. The molecule has 0 unspecified atom stereocenters. The van der Waals surface area contributed by atoms with Crippen molar-refractivity contribution in [3.63, 3.8) is 0 Å². The first-order valence-corrected chi connectivity index (χ1v) is 14.1. The van der Waals surface area contributed by atoms with E-state index in [0.717, 1.165) is 22.3 Å². The standard InChI is InChI=1S/C38H54/c1-26(2)13-14-28-17-30(23-34(21-28)37(7,8)9)19-32-20-31(24-35(25-32)38(10,11)12)18-29-15-27(3)16-33(22-29)36(4,5)6/h15-17,20-26H,13-14,18-19H2,1-12H3/i14D2,18D2,19D2. The van der Waals surface area contributed by atoms with Gasteiger partial charge in [-0.2, -0.15) is 0 Å². The predicted octanol–water partition coefficient (Wildman–Crippen LogP) is 10.7. The van der Waals surface area contributed by atoms with E-state index in [-0.39, 0.29) is 22.2 Å². The van der Waals surface area contributed by atoms with Gasteiger partial charge in [-0.05, 0) is 99.1 Å². The minimum absolute atomic E-state index is 0.136. The van der Waals surface area contributed by atoms with E-state index < -0.39 is 19.1 Å². The minimum Gasteiger partial charge on any atom is -0.0628 e. The molecular weight excluding hydrogens is 456 g/mol. The van der Waals surface area contributed by atoms with Crippen molar-refractivity contribution in [2.24, 2.45) is 5.92 Å². The molecule has 0 nitrogen and oxygen atoms in total. The Bertz CT molecular complexity index is 1490. The van der Waals surface area contributed by atoms with Crippen LogP contribution in [0.3, 0.4) is 0 Å². The molecule has 3 aromatic carbocycles. The Hall–Kier alpha value is -2.34. The van der Waals surface area contributed by atoms with E-state index in [4.69, 9.17) is 2.74 Å². The van der Waals surface area contributed by atoms with Gasteiger partial charge in [0.1, 0.15) is 0 Å². The lowest BCUT2D eigenvalue weighted by Crippen LogP contribution is -2.14. The van der Waals surface area contributed by atoms with Crippen molar-refractivity contribution < 1.29 is 8.22 Å². The smallest absolute Gasteiger partial charge is 0.0366 e. The van der Waals surface area contributed by atoms with Crippen LogP contribution in [0.2, 0.25) is 0 Å². The summed E-state index contributed by atoms with van der Waals surface area (Å²) in [5, 5.41) is 0. The third-order valence-corrected chi connectivity index (χ3v) is 6.83. The summed E-state index contributed by atoms with van der Waals surface area (Å²) in [4.78, 5) is 0.